The molecule has 0 atom stereocenters. The monoisotopic (exact) mass is 676 g/mol. The van der Waals surface area contributed by atoms with Gasteiger partial charge in [0.25, 0.3) is 11.8 Å². The second-order valence-corrected chi connectivity index (χ2v) is 11.9. The summed E-state index contributed by atoms with van der Waals surface area (Å²) in [5.41, 5.74) is 4.53. The maximum atomic E-state index is 13.6. The maximum Gasteiger partial charge on any atom is 0.257 e. The smallest absolute Gasteiger partial charge is 0.257 e. The number of benzene rings is 4. The lowest BCUT2D eigenvalue weighted by Gasteiger charge is -2.18. The van der Waals surface area contributed by atoms with Crippen LogP contribution in [0.1, 0.15) is 51.6 Å². The number of ether oxygens (including phenoxy) is 4. The molecule has 10 heteroatoms. The van der Waals surface area contributed by atoms with E-state index in [1.165, 1.54) is 20.4 Å². The highest BCUT2D eigenvalue weighted by atomic mass is 16.5. The first kappa shape index (κ1) is 35.7. The van der Waals surface area contributed by atoms with Gasteiger partial charge in [-0.05, 0) is 73.5 Å². The number of anilines is 2. The molecule has 260 valence electrons. The van der Waals surface area contributed by atoms with E-state index in [1.54, 1.807) is 25.3 Å². The summed E-state index contributed by atoms with van der Waals surface area (Å²) < 4.78 is 22.4. The number of carbonyl (C=O) groups excluding carboxylic acids is 2. The molecule has 0 spiro atoms. The van der Waals surface area contributed by atoms with Gasteiger partial charge in [0.1, 0.15) is 0 Å². The zero-order valence-corrected chi connectivity index (χ0v) is 29.2. The molecule has 1 heterocycles. The molecule has 0 unspecified atom stereocenters. The van der Waals surface area contributed by atoms with E-state index >= 15 is 0 Å². The number of aromatic nitrogens is 1. The molecule has 0 saturated heterocycles. The van der Waals surface area contributed by atoms with Crippen LogP contribution in [-0.4, -0.2) is 63.2 Å². The van der Waals surface area contributed by atoms with E-state index in [2.05, 4.69) is 46.6 Å². The predicted octanol–water partition coefficient (Wildman–Crippen LogP) is 7.62. The number of likely N-dealkylation sites (N-methyl/N-ethyl adjacent to an activating group) is 1. The molecule has 5 rings (SSSR count). The van der Waals surface area contributed by atoms with E-state index < -0.39 is 11.8 Å². The summed E-state index contributed by atoms with van der Waals surface area (Å²) in [5.74, 6) is 1.42. The molecule has 2 N–H and O–H groups in total. The third-order valence-electron chi connectivity index (χ3n) is 8.30. The van der Waals surface area contributed by atoms with Crippen LogP contribution < -0.4 is 29.6 Å². The Hall–Kier alpha value is -5.61. The Labute approximate surface area is 293 Å². The lowest BCUT2D eigenvalue weighted by Crippen LogP contribution is -2.21. The molecule has 0 aliphatic rings. The number of carbonyl (C=O) groups is 2. The molecule has 0 bridgehead atoms. The number of fused-ring (bicyclic) bond motifs is 1. The molecule has 0 saturated carbocycles. The fourth-order valence-electron chi connectivity index (χ4n) is 5.48. The Balaban J connectivity index is 1.23. The van der Waals surface area contributed by atoms with Crippen LogP contribution in [0.15, 0.2) is 91.1 Å². The third kappa shape index (κ3) is 9.09. The zero-order valence-electron chi connectivity index (χ0n) is 29.2. The topological polar surface area (TPSA) is 111 Å². The number of pyridine rings is 1. The van der Waals surface area contributed by atoms with Crippen LogP contribution in [0.4, 0.5) is 11.4 Å². The van der Waals surface area contributed by atoms with Gasteiger partial charge in [0.15, 0.2) is 23.0 Å². The first-order chi connectivity index (χ1) is 24.3. The number of nitrogens with one attached hydrogen (secondary N) is 2. The second-order valence-electron chi connectivity index (χ2n) is 11.9. The quantitative estimate of drug-likeness (QED) is 0.103. The van der Waals surface area contributed by atoms with Crippen LogP contribution in [0.2, 0.25) is 0 Å². The van der Waals surface area contributed by atoms with Crippen LogP contribution in [0.5, 0.6) is 23.0 Å². The lowest BCUT2D eigenvalue weighted by atomic mass is 10.1. The van der Waals surface area contributed by atoms with Gasteiger partial charge in [-0.1, -0.05) is 49.7 Å². The van der Waals surface area contributed by atoms with Crippen molar-refractivity contribution >= 4 is 34.1 Å². The summed E-state index contributed by atoms with van der Waals surface area (Å²) in [6, 6.07) is 26.3. The molecule has 1 aromatic heterocycles. The van der Waals surface area contributed by atoms with Crippen LogP contribution >= 0.6 is 0 Å². The van der Waals surface area contributed by atoms with Gasteiger partial charge in [0, 0.05) is 36.4 Å². The molecular formula is C40H44N4O6. The summed E-state index contributed by atoms with van der Waals surface area (Å²) in [6.45, 7) is 4.41. The van der Waals surface area contributed by atoms with E-state index in [9.17, 15) is 9.59 Å². The van der Waals surface area contributed by atoms with Gasteiger partial charge in [0.2, 0.25) is 0 Å². The molecule has 50 heavy (non-hydrogen) atoms. The zero-order chi connectivity index (χ0) is 35.5. The fraction of sp³-hybridized carbons (Fsp3) is 0.275. The molecular weight excluding hydrogens is 632 g/mol. The second kappa shape index (κ2) is 17.2. The van der Waals surface area contributed by atoms with E-state index in [0.29, 0.717) is 29.4 Å². The highest BCUT2D eigenvalue weighted by molar-refractivity contribution is 6.13. The van der Waals surface area contributed by atoms with Crippen molar-refractivity contribution in [3.63, 3.8) is 0 Å². The fourth-order valence-corrected chi connectivity index (χ4v) is 5.48. The Morgan fingerprint density at radius 3 is 2.22 bits per heavy atom. The Morgan fingerprint density at radius 2 is 1.48 bits per heavy atom. The van der Waals surface area contributed by atoms with Crippen LogP contribution in [-0.2, 0) is 13.0 Å². The van der Waals surface area contributed by atoms with Crippen LogP contribution in [0, 0.1) is 0 Å². The van der Waals surface area contributed by atoms with Gasteiger partial charge in [0.05, 0.1) is 50.3 Å². The maximum absolute atomic E-state index is 13.6. The molecule has 4 aromatic carbocycles. The SMILES string of the molecule is CCCCOc1cc(CN(C)CCc2ccc(NC(=O)c3cc(OC)c(OC)cc3NC(=O)c3cnc4ccccc4c3)cc2)ccc1OC. The number of nitrogens with zero attached hydrogens (tertiary/aromatic N) is 2. The normalized spacial score (nSPS) is 10.9. The standard InChI is InChI=1S/C40H44N4O6/c1-6-7-20-50-38-21-28(14-17-35(38)47-3)26-44(2)19-18-27-12-15-31(16-13-27)42-40(46)32-23-36(48-4)37(49-5)24-34(32)43-39(45)30-22-29-10-8-9-11-33(29)41-25-30/h8-17,21-25H,6-7,18-20,26H2,1-5H3,(H,42,46)(H,43,45). The van der Waals surface area contributed by atoms with Gasteiger partial charge < -0.3 is 34.5 Å². The molecule has 0 fully saturated rings. The lowest BCUT2D eigenvalue weighted by molar-refractivity contribution is 0.102. The van der Waals surface area contributed by atoms with Gasteiger partial charge in [-0.2, -0.15) is 0 Å². The van der Waals surface area contributed by atoms with Gasteiger partial charge in [-0.25, -0.2) is 0 Å². The summed E-state index contributed by atoms with van der Waals surface area (Å²) in [7, 11) is 6.73. The van der Waals surface area contributed by atoms with Crippen molar-refractivity contribution in [2.45, 2.75) is 32.7 Å². The summed E-state index contributed by atoms with van der Waals surface area (Å²) in [4.78, 5) is 33.6. The van der Waals surface area contributed by atoms with Crippen LogP contribution in [0.3, 0.4) is 0 Å². The Morgan fingerprint density at radius 1 is 0.760 bits per heavy atom. The average molecular weight is 677 g/mol. The number of methoxy groups -OCH3 is 3. The van der Waals surface area contributed by atoms with Gasteiger partial charge >= 0.3 is 0 Å². The van der Waals surface area contributed by atoms with Crippen LogP contribution in [0.25, 0.3) is 10.9 Å². The van der Waals surface area contributed by atoms with Crippen molar-refractivity contribution in [2.75, 3.05) is 52.2 Å². The minimum Gasteiger partial charge on any atom is -0.493 e. The number of rotatable bonds is 16. The van der Waals surface area contributed by atoms with Gasteiger partial charge in [-0.15, -0.1) is 0 Å². The summed E-state index contributed by atoms with van der Waals surface area (Å²) in [5, 5.41) is 6.65. The van der Waals surface area contributed by atoms with E-state index in [-0.39, 0.29) is 11.3 Å². The highest BCUT2D eigenvalue weighted by Gasteiger charge is 2.20. The average Bonchev–Trinajstić information content (AvgIpc) is 3.14. The molecule has 2 amide bonds. The molecule has 5 aromatic rings. The first-order valence-corrected chi connectivity index (χ1v) is 16.6. The number of unbranched alkanes of at least 4 members (excludes halogenated alkanes) is 1. The van der Waals surface area contributed by atoms with Crippen molar-refractivity contribution in [3.8, 4) is 23.0 Å². The number of para-hydroxylation sites is 1. The van der Waals surface area contributed by atoms with Crippen molar-refractivity contribution in [1.29, 1.82) is 0 Å². The predicted molar refractivity (Wildman–Crippen MR) is 197 cm³/mol. The largest absolute Gasteiger partial charge is 0.493 e. The molecule has 0 aliphatic heterocycles. The number of amides is 2. The van der Waals surface area contributed by atoms with Crippen molar-refractivity contribution in [1.82, 2.24) is 9.88 Å². The molecule has 0 aliphatic carbocycles. The Bertz CT molecular complexity index is 1930. The van der Waals surface area contributed by atoms with Crippen molar-refractivity contribution < 1.29 is 28.5 Å². The Kier molecular flexibility index (Phi) is 12.3. The minimum atomic E-state index is -0.414. The number of hydrogen-bond donors (Lipinski definition) is 2. The molecule has 10 nitrogen and oxygen atoms in total. The summed E-state index contributed by atoms with van der Waals surface area (Å²) >= 11 is 0. The third-order valence-corrected chi connectivity index (χ3v) is 8.30. The van der Waals surface area contributed by atoms with Crippen molar-refractivity contribution in [3.05, 3.63) is 113 Å². The summed E-state index contributed by atoms with van der Waals surface area (Å²) in [6.07, 6.45) is 4.41. The highest BCUT2D eigenvalue weighted by Crippen LogP contribution is 2.34. The van der Waals surface area contributed by atoms with E-state index in [4.69, 9.17) is 18.9 Å². The van der Waals surface area contributed by atoms with E-state index in [1.807, 2.05) is 54.6 Å². The first-order valence-electron chi connectivity index (χ1n) is 16.6. The van der Waals surface area contributed by atoms with E-state index in [0.717, 1.165) is 65.9 Å². The molecule has 0 radical (unpaired) electrons. The van der Waals surface area contributed by atoms with Gasteiger partial charge in [-0.3, -0.25) is 14.6 Å². The van der Waals surface area contributed by atoms with Crippen molar-refractivity contribution in [2.24, 2.45) is 0 Å². The number of hydrogen-bond acceptors (Lipinski definition) is 8. The minimum absolute atomic E-state index is 0.216.